The maximum absolute atomic E-state index is 10.9. The van der Waals surface area contributed by atoms with Gasteiger partial charge in [-0.25, -0.2) is 0 Å². The molecular weight excluding hydrogens is 206 g/mol. The first-order chi connectivity index (χ1) is 6.50. The van der Waals surface area contributed by atoms with Crippen molar-refractivity contribution in [2.45, 2.75) is 18.2 Å². The van der Waals surface area contributed by atoms with Gasteiger partial charge in [0.2, 0.25) is 0 Å². The number of rotatable bonds is 3. The van der Waals surface area contributed by atoms with Crippen molar-refractivity contribution in [3.05, 3.63) is 20.7 Å². The number of nitrogens with one attached hydrogen (secondary N) is 1. The number of thioether (sulfide) groups is 1. The molecule has 1 rings (SSSR count). The molecule has 0 spiro atoms. The van der Waals surface area contributed by atoms with E-state index in [-0.39, 0.29) is 0 Å². The Morgan fingerprint density at radius 3 is 2.86 bits per heavy atom. The molecule has 1 unspecified atom stereocenters. The van der Waals surface area contributed by atoms with Gasteiger partial charge in [0.1, 0.15) is 0 Å². The Morgan fingerprint density at radius 1 is 1.64 bits per heavy atom. The molecule has 0 saturated carbocycles. The largest absolute Gasteiger partial charge is 0.393 e. The zero-order valence-corrected chi connectivity index (χ0v) is 8.67. The number of H-pyrrole nitrogens is 1. The molecule has 0 radical (unpaired) electrons. The van der Waals surface area contributed by atoms with Crippen LogP contribution >= 0.6 is 11.8 Å². The van der Waals surface area contributed by atoms with Crippen LogP contribution in [0.15, 0.2) is 14.7 Å². The molecule has 0 aliphatic heterocycles. The lowest BCUT2D eigenvalue weighted by Crippen LogP contribution is -2.34. The Morgan fingerprint density at radius 2 is 2.29 bits per heavy atom. The van der Waals surface area contributed by atoms with Gasteiger partial charge in [-0.05, 0) is 6.92 Å². The number of hydrogen-bond donors (Lipinski definition) is 2. The van der Waals surface area contributed by atoms with Crippen molar-refractivity contribution in [1.82, 2.24) is 14.8 Å². The lowest BCUT2D eigenvalue weighted by atomic mass is 10.5. The summed E-state index contributed by atoms with van der Waals surface area (Å²) in [5, 5.41) is 11.7. The van der Waals surface area contributed by atoms with Gasteiger partial charge in [0.15, 0.2) is 5.16 Å². The highest BCUT2D eigenvalue weighted by atomic mass is 32.2. The average Bonchev–Trinajstić information content (AvgIpc) is 2.09. The molecule has 1 aromatic heterocycles. The fourth-order valence-electron chi connectivity index (χ4n) is 0.785. The van der Waals surface area contributed by atoms with E-state index in [2.05, 4.69) is 10.1 Å². The van der Waals surface area contributed by atoms with E-state index < -0.39 is 17.2 Å². The highest BCUT2D eigenvalue weighted by Gasteiger charge is 2.05. The summed E-state index contributed by atoms with van der Waals surface area (Å²) in [5.74, 6) is 0.423. The Hall–Kier alpha value is -1.08. The van der Waals surface area contributed by atoms with Crippen LogP contribution in [-0.2, 0) is 7.05 Å². The van der Waals surface area contributed by atoms with Crippen molar-refractivity contribution in [1.29, 1.82) is 0 Å². The van der Waals surface area contributed by atoms with Crippen molar-refractivity contribution in [3.8, 4) is 0 Å². The van der Waals surface area contributed by atoms with Crippen molar-refractivity contribution >= 4 is 11.8 Å². The van der Waals surface area contributed by atoms with E-state index >= 15 is 0 Å². The van der Waals surface area contributed by atoms with Gasteiger partial charge in [0, 0.05) is 12.8 Å². The van der Waals surface area contributed by atoms with Gasteiger partial charge in [-0.15, -0.1) is 0 Å². The van der Waals surface area contributed by atoms with E-state index in [9.17, 15) is 9.59 Å². The molecule has 78 valence electrons. The predicted octanol–water partition coefficient (Wildman–Crippen LogP) is -1.06. The summed E-state index contributed by atoms with van der Waals surface area (Å²) in [5.41, 5.74) is -1.55. The van der Waals surface area contributed by atoms with Crippen molar-refractivity contribution in [2.75, 3.05) is 5.75 Å². The second kappa shape index (κ2) is 4.43. The van der Waals surface area contributed by atoms with Crippen LogP contribution in [0.3, 0.4) is 0 Å². The smallest absolute Gasteiger partial charge is 0.339 e. The van der Waals surface area contributed by atoms with Gasteiger partial charge >= 0.3 is 11.1 Å². The molecule has 0 aliphatic carbocycles. The molecule has 0 aromatic carbocycles. The first-order valence-corrected chi connectivity index (χ1v) is 4.97. The molecule has 1 heterocycles. The van der Waals surface area contributed by atoms with Crippen LogP contribution in [-0.4, -0.2) is 31.7 Å². The van der Waals surface area contributed by atoms with E-state index in [4.69, 9.17) is 5.11 Å². The molecule has 0 fully saturated rings. The maximum atomic E-state index is 10.9. The van der Waals surface area contributed by atoms with E-state index in [1.807, 2.05) is 0 Å². The van der Waals surface area contributed by atoms with Crippen LogP contribution in [0.5, 0.6) is 0 Å². The summed E-state index contributed by atoms with van der Waals surface area (Å²) >= 11 is 1.21. The minimum Gasteiger partial charge on any atom is -0.393 e. The summed E-state index contributed by atoms with van der Waals surface area (Å²) in [6.07, 6.45) is -0.483. The number of aromatic amines is 1. The Bertz CT molecular complexity index is 423. The van der Waals surface area contributed by atoms with Crippen LogP contribution in [0.4, 0.5) is 0 Å². The average molecular weight is 217 g/mol. The summed E-state index contributed by atoms with van der Waals surface area (Å²) in [6, 6.07) is 0. The van der Waals surface area contributed by atoms with Crippen LogP contribution in [0.1, 0.15) is 6.92 Å². The molecule has 0 bridgehead atoms. The molecule has 7 heteroatoms. The van der Waals surface area contributed by atoms with E-state index in [1.165, 1.54) is 16.4 Å². The molecule has 2 N–H and O–H groups in total. The molecule has 1 aromatic rings. The van der Waals surface area contributed by atoms with Crippen molar-refractivity contribution in [3.63, 3.8) is 0 Å². The van der Waals surface area contributed by atoms with E-state index in [0.29, 0.717) is 10.9 Å². The fourth-order valence-corrected chi connectivity index (χ4v) is 1.56. The zero-order valence-electron chi connectivity index (χ0n) is 7.85. The Balaban J connectivity index is 2.93. The highest BCUT2D eigenvalue weighted by Crippen LogP contribution is 2.11. The van der Waals surface area contributed by atoms with Gasteiger partial charge in [0.25, 0.3) is 0 Å². The molecule has 0 aliphatic rings. The predicted molar refractivity (Wildman–Crippen MR) is 52.5 cm³/mol. The third-order valence-electron chi connectivity index (χ3n) is 1.40. The number of aliphatic hydroxyl groups is 1. The number of hydrogen-bond acceptors (Lipinski definition) is 5. The summed E-state index contributed by atoms with van der Waals surface area (Å²) < 4.78 is 1.36. The first-order valence-electron chi connectivity index (χ1n) is 3.99. The highest BCUT2D eigenvalue weighted by molar-refractivity contribution is 7.99. The molecular formula is C7H11N3O3S. The fraction of sp³-hybridized carbons (Fsp3) is 0.571. The van der Waals surface area contributed by atoms with Crippen LogP contribution in [0.25, 0.3) is 0 Å². The zero-order chi connectivity index (χ0) is 10.7. The van der Waals surface area contributed by atoms with Gasteiger partial charge in [-0.2, -0.15) is 4.98 Å². The molecule has 14 heavy (non-hydrogen) atoms. The topological polar surface area (TPSA) is 88.0 Å². The third kappa shape index (κ3) is 2.71. The van der Waals surface area contributed by atoms with Gasteiger partial charge in [0.05, 0.1) is 6.10 Å². The SMILES string of the molecule is CC(O)CSc1nc(=O)c(=O)[nH]n1C. The lowest BCUT2D eigenvalue weighted by Gasteiger charge is -2.06. The number of aryl methyl sites for hydroxylation is 1. The lowest BCUT2D eigenvalue weighted by molar-refractivity contribution is 0.220. The summed E-state index contributed by atoms with van der Waals surface area (Å²) in [4.78, 5) is 25.3. The third-order valence-corrected chi connectivity index (χ3v) is 2.67. The molecule has 6 nitrogen and oxygen atoms in total. The van der Waals surface area contributed by atoms with Crippen molar-refractivity contribution < 1.29 is 5.11 Å². The molecule has 1 atom stereocenters. The van der Waals surface area contributed by atoms with Crippen LogP contribution in [0, 0.1) is 0 Å². The molecule has 0 amide bonds. The first kappa shape index (κ1) is 11.0. The Kier molecular flexibility index (Phi) is 3.48. The van der Waals surface area contributed by atoms with Gasteiger partial charge in [-0.1, -0.05) is 11.8 Å². The monoisotopic (exact) mass is 217 g/mol. The second-order valence-corrected chi connectivity index (χ2v) is 3.85. The Labute approximate surface area is 84.0 Å². The summed E-state index contributed by atoms with van der Waals surface area (Å²) in [7, 11) is 1.58. The minimum absolute atomic E-state index is 0.385. The van der Waals surface area contributed by atoms with Crippen LogP contribution in [0.2, 0.25) is 0 Å². The standard InChI is InChI=1S/C7H11N3O3S/c1-4(11)3-14-7-8-5(12)6(13)9-10(7)2/h4,11H,3H2,1-2H3,(H,9,13). The molecule has 0 saturated heterocycles. The second-order valence-electron chi connectivity index (χ2n) is 2.86. The number of nitrogens with zero attached hydrogens (tertiary/aromatic N) is 2. The summed E-state index contributed by atoms with van der Waals surface area (Å²) in [6.45, 7) is 1.64. The van der Waals surface area contributed by atoms with Gasteiger partial charge < -0.3 is 5.11 Å². The number of aliphatic hydroxyl groups excluding tert-OH is 1. The van der Waals surface area contributed by atoms with Crippen LogP contribution < -0.4 is 11.1 Å². The maximum Gasteiger partial charge on any atom is 0.339 e. The quantitative estimate of drug-likeness (QED) is 0.498. The van der Waals surface area contributed by atoms with Crippen molar-refractivity contribution in [2.24, 2.45) is 7.05 Å². The van der Waals surface area contributed by atoms with Gasteiger partial charge in [-0.3, -0.25) is 19.4 Å². The van der Waals surface area contributed by atoms with E-state index in [0.717, 1.165) is 0 Å². The number of aromatic nitrogens is 3. The minimum atomic E-state index is -0.809. The van der Waals surface area contributed by atoms with E-state index in [1.54, 1.807) is 14.0 Å². The normalized spacial score (nSPS) is 12.8.